The lowest BCUT2D eigenvalue weighted by Crippen LogP contribution is -2.04. The van der Waals surface area contributed by atoms with Gasteiger partial charge in [0.2, 0.25) is 0 Å². The van der Waals surface area contributed by atoms with E-state index in [1.165, 1.54) is 0 Å². The van der Waals surface area contributed by atoms with Crippen LogP contribution in [0, 0.1) is 35.8 Å². The zero-order valence-corrected chi connectivity index (χ0v) is 46.9. The van der Waals surface area contributed by atoms with Crippen molar-refractivity contribution in [1.29, 1.82) is 10.5 Å². The van der Waals surface area contributed by atoms with Gasteiger partial charge in [0.25, 0.3) is 0 Å². The summed E-state index contributed by atoms with van der Waals surface area (Å²) in [5, 5.41) is 23.4. The topological polar surface area (TPSA) is 118 Å². The molecule has 0 saturated heterocycles. The van der Waals surface area contributed by atoms with E-state index in [2.05, 4.69) is 128 Å². The van der Waals surface area contributed by atoms with Crippen LogP contribution in [0.1, 0.15) is 11.1 Å². The predicted octanol–water partition coefficient (Wildman–Crippen LogP) is 19.6. The number of hydrogen-bond acceptors (Lipinski definition) is 6. The van der Waals surface area contributed by atoms with E-state index in [-0.39, 0.29) is 0 Å². The molecule has 0 aliphatic heterocycles. The average molecular weight is 1120 g/mol. The largest absolute Gasteiger partial charge is 0.309 e. The summed E-state index contributed by atoms with van der Waals surface area (Å²) in [6.07, 6.45) is 3.80. The van der Waals surface area contributed by atoms with Crippen LogP contribution in [-0.4, -0.2) is 29.1 Å². The molecule has 10 nitrogen and oxygen atoms in total. The van der Waals surface area contributed by atoms with Crippen LogP contribution in [-0.2, 0) is 0 Å². The van der Waals surface area contributed by atoms with Gasteiger partial charge in [-0.3, -0.25) is 4.98 Å². The summed E-state index contributed by atoms with van der Waals surface area (Å²) in [5.41, 5.74) is 20.2. The van der Waals surface area contributed by atoms with Crippen LogP contribution in [0.5, 0.6) is 0 Å². The predicted molar refractivity (Wildman–Crippen MR) is 352 cm³/mol. The molecule has 15 aromatic rings. The van der Waals surface area contributed by atoms with Crippen molar-refractivity contribution >= 4 is 55.0 Å². The summed E-state index contributed by atoms with van der Waals surface area (Å²) in [6.45, 7) is 15.3. The number of fused-ring (bicyclic) bond motifs is 6. The minimum absolute atomic E-state index is 0.505. The lowest BCUT2D eigenvalue weighted by Gasteiger charge is -2.19. The van der Waals surface area contributed by atoms with Gasteiger partial charge in [0.15, 0.2) is 28.8 Å². The Kier molecular flexibility index (Phi) is 12.8. The first-order valence-electron chi connectivity index (χ1n) is 28.5. The third kappa shape index (κ3) is 9.22. The number of hydrogen-bond donors (Lipinski definition) is 0. The molecule has 0 fully saturated rings. The van der Waals surface area contributed by atoms with Crippen LogP contribution in [0.25, 0.3) is 154 Å². The Morgan fingerprint density at radius 3 is 1.05 bits per heavy atom. The van der Waals surface area contributed by atoms with Gasteiger partial charge in [-0.2, -0.15) is 10.5 Å². The minimum atomic E-state index is 0.505. The van der Waals surface area contributed by atoms with Gasteiger partial charge >= 0.3 is 0 Å². The van der Waals surface area contributed by atoms with Gasteiger partial charge in [-0.05, 0) is 129 Å². The summed E-state index contributed by atoms with van der Waals surface area (Å²) in [5.74, 6) is 1.60. The molecule has 0 unspecified atom stereocenters. The Labute approximate surface area is 506 Å². The first kappa shape index (κ1) is 52.0. The molecule has 88 heavy (non-hydrogen) atoms. The maximum Gasteiger partial charge on any atom is 0.187 e. The molecule has 406 valence electrons. The van der Waals surface area contributed by atoms with Gasteiger partial charge < -0.3 is 9.13 Å². The van der Waals surface area contributed by atoms with E-state index in [1.54, 1.807) is 0 Å². The second-order valence-corrected chi connectivity index (χ2v) is 21.5. The van der Waals surface area contributed by atoms with E-state index >= 15 is 0 Å². The van der Waals surface area contributed by atoms with E-state index in [1.807, 2.05) is 170 Å². The molecule has 0 saturated carbocycles. The van der Waals surface area contributed by atoms with Crippen molar-refractivity contribution in [3.63, 3.8) is 0 Å². The fourth-order valence-corrected chi connectivity index (χ4v) is 12.0. The second kappa shape index (κ2) is 21.7. The average Bonchev–Trinajstić information content (AvgIpc) is 1.63. The Morgan fingerprint density at radius 2 is 0.659 bits per heavy atom. The minimum Gasteiger partial charge on any atom is -0.309 e. The molecule has 0 amide bonds. The molecule has 0 aliphatic rings. The van der Waals surface area contributed by atoms with Crippen LogP contribution < -0.4 is 0 Å². The number of rotatable bonds is 10. The molecule has 0 radical (unpaired) electrons. The van der Waals surface area contributed by atoms with Gasteiger partial charge in [-0.15, -0.1) is 0 Å². The van der Waals surface area contributed by atoms with Crippen molar-refractivity contribution in [3.05, 3.63) is 301 Å². The summed E-state index contributed by atoms with van der Waals surface area (Å²) >= 11 is 0. The molecular weight excluding hydrogens is 1080 g/mol. The SMILES string of the molecule is [C-]#[N+]c1ccc(-c2ccc3c(c2)c2cc(-c4ccc([N+]#[C-])cc4)ccc2n3-c2cc(-c3nc(-c4ccccc4)nc(-c4ccccc4)n3)ccc2-c2ccncc2-n2c3ccc(-c4ccc(C#N)cc4)cc3c3cc(-c4ccc(C#N)cc4)ccc32)cc1. The van der Waals surface area contributed by atoms with Crippen LogP contribution in [0.2, 0.25) is 0 Å². The monoisotopic (exact) mass is 1120 g/mol. The number of nitriles is 2. The summed E-state index contributed by atoms with van der Waals surface area (Å²) < 4.78 is 4.66. The van der Waals surface area contributed by atoms with E-state index < -0.39 is 0 Å². The van der Waals surface area contributed by atoms with Crippen molar-refractivity contribution in [1.82, 2.24) is 29.1 Å². The number of pyridine rings is 1. The van der Waals surface area contributed by atoms with Crippen molar-refractivity contribution in [2.75, 3.05) is 0 Å². The van der Waals surface area contributed by atoms with Gasteiger partial charge in [0, 0.05) is 55.6 Å². The Balaban J connectivity index is 1.01. The maximum atomic E-state index is 9.68. The van der Waals surface area contributed by atoms with Gasteiger partial charge in [0.1, 0.15) is 0 Å². The van der Waals surface area contributed by atoms with Crippen LogP contribution in [0.4, 0.5) is 11.4 Å². The van der Waals surface area contributed by atoms with E-state index in [4.69, 9.17) is 33.1 Å². The van der Waals surface area contributed by atoms with E-state index in [0.717, 1.165) is 127 Å². The molecule has 10 heteroatoms. The zero-order valence-electron chi connectivity index (χ0n) is 46.9. The molecule has 11 aromatic carbocycles. The number of nitrogens with zero attached hydrogens (tertiary/aromatic N) is 10. The Bertz CT molecular complexity index is 5160. The maximum absolute atomic E-state index is 9.68. The van der Waals surface area contributed by atoms with Crippen molar-refractivity contribution < 1.29 is 0 Å². The molecule has 15 rings (SSSR count). The summed E-state index contributed by atoms with van der Waals surface area (Å²) in [7, 11) is 0. The second-order valence-electron chi connectivity index (χ2n) is 21.5. The van der Waals surface area contributed by atoms with Crippen molar-refractivity contribution in [3.8, 4) is 113 Å². The van der Waals surface area contributed by atoms with Crippen LogP contribution >= 0.6 is 0 Å². The third-order valence-electron chi connectivity index (χ3n) is 16.4. The van der Waals surface area contributed by atoms with E-state index in [0.29, 0.717) is 40.0 Å². The molecule has 4 heterocycles. The fourth-order valence-electron chi connectivity index (χ4n) is 12.0. The highest BCUT2D eigenvalue weighted by molar-refractivity contribution is 6.14. The Hall–Kier alpha value is -12.9. The van der Waals surface area contributed by atoms with Crippen molar-refractivity contribution in [2.24, 2.45) is 0 Å². The zero-order chi connectivity index (χ0) is 59.2. The quantitative estimate of drug-likeness (QED) is 0.126. The van der Waals surface area contributed by atoms with Crippen LogP contribution in [0.15, 0.2) is 267 Å². The molecule has 0 bridgehead atoms. The standard InChI is InChI=1S/C78H44N10/c1-81-62-30-21-53(22-31-62)59-26-35-70-66(43-59)67-44-60(54-23-32-63(82-2)33-24-54)27-36-71(67)87(70)74-45-61(78-85-76(55-9-5-3-6-10-55)84-77(86-78)56-11-7-4-8-12-56)25-34-64(74)65-39-40-83-48-75(65)88-72-37-28-57(51-17-13-49(46-79)14-18-51)41-68(72)69-42-58(29-38-73(69)88)52-19-15-50(47-80)16-20-52/h3-45,48H. The molecule has 0 N–H and O–H groups in total. The molecular formula is C78H44N10. The number of benzene rings is 11. The normalized spacial score (nSPS) is 11.1. The number of aromatic nitrogens is 6. The highest BCUT2D eigenvalue weighted by atomic mass is 15.0. The van der Waals surface area contributed by atoms with Gasteiger partial charge in [0.05, 0.1) is 76.0 Å². The van der Waals surface area contributed by atoms with E-state index in [9.17, 15) is 10.5 Å². The highest BCUT2D eigenvalue weighted by Crippen LogP contribution is 2.45. The van der Waals surface area contributed by atoms with Gasteiger partial charge in [-0.1, -0.05) is 170 Å². The lowest BCUT2D eigenvalue weighted by molar-refractivity contribution is 1.07. The Morgan fingerprint density at radius 1 is 0.318 bits per heavy atom. The molecule has 0 aliphatic carbocycles. The summed E-state index contributed by atoms with van der Waals surface area (Å²) in [4.78, 5) is 27.8. The first-order valence-corrected chi connectivity index (χ1v) is 28.5. The van der Waals surface area contributed by atoms with Gasteiger partial charge in [-0.25, -0.2) is 24.6 Å². The van der Waals surface area contributed by atoms with Crippen LogP contribution in [0.3, 0.4) is 0 Å². The molecule has 0 atom stereocenters. The first-order chi connectivity index (χ1) is 43.4. The molecule has 4 aromatic heterocycles. The van der Waals surface area contributed by atoms with Crippen molar-refractivity contribution in [2.45, 2.75) is 0 Å². The third-order valence-corrected chi connectivity index (χ3v) is 16.4. The highest BCUT2D eigenvalue weighted by Gasteiger charge is 2.24. The fraction of sp³-hybridized carbons (Fsp3) is 0. The molecule has 0 spiro atoms. The smallest absolute Gasteiger partial charge is 0.187 e. The lowest BCUT2D eigenvalue weighted by atomic mass is 9.99. The summed E-state index contributed by atoms with van der Waals surface area (Å²) in [6, 6.07) is 90.2.